The van der Waals surface area contributed by atoms with Crippen molar-refractivity contribution in [2.45, 2.75) is 168 Å². The zero-order valence-electron chi connectivity index (χ0n) is 44.5. The molecule has 2 rings (SSSR count). The average molecular weight is 1050 g/mol. The van der Waals surface area contributed by atoms with Crippen molar-refractivity contribution in [1.29, 1.82) is 0 Å². The zero-order valence-corrected chi connectivity index (χ0v) is 44.5. The lowest BCUT2D eigenvalue weighted by Crippen LogP contribution is -2.54. The fourth-order valence-corrected chi connectivity index (χ4v) is 7.78. The molecule has 1 aromatic carbocycles. The van der Waals surface area contributed by atoms with Gasteiger partial charge in [0.05, 0.1) is 0 Å². The van der Waals surface area contributed by atoms with Crippen molar-refractivity contribution < 1.29 is 57.4 Å². The quantitative estimate of drug-likeness (QED) is 0.0151. The van der Waals surface area contributed by atoms with E-state index in [1.165, 1.54) is 12.2 Å². The molecule has 21 heteroatoms. The van der Waals surface area contributed by atoms with E-state index in [0.717, 1.165) is 88.4 Å². The van der Waals surface area contributed by atoms with Crippen LogP contribution in [0.3, 0.4) is 0 Å². The molecule has 0 saturated heterocycles. The summed E-state index contributed by atoms with van der Waals surface area (Å²) in [6.45, 7) is 6.94. The van der Waals surface area contributed by atoms with Crippen molar-refractivity contribution in [3.63, 3.8) is 0 Å². The number of benzene rings is 1. The third kappa shape index (κ3) is 29.4. The standard InChI is InChI=1S/C54H83N9O12/c1-5-7-9-11-12-13-14-15-17-20-25-41(24-19-16-10-8-6-2)44(64)38-75-53(72)57-36-46(66)61-62-54(73)74-37-40-28-30-42(31-29-40)58-50(69)43(26-23-34-56-52(55)71)59-51(70)49(39(3)4)60-45(65)27-21-18-22-35-63-47(67)32-33-48(63)68/h7,9,12-13,28-33,39,41,43,49H,5-6,8,10-11,14-27,34-38H2,1-4H3,(H,57,72)(H,58,69)(H,59,70)(H,60,65)(H,61,66)(H,62,73)(H3,55,56,71). The SMILES string of the molecule is CCC=CCC=CCCCCCC(CCCCCCC)C(=O)COC(=O)NCC(=O)NNC(=O)OCc1ccc(NC(=O)C(CCCNC(N)=O)NC(=O)C(NC(=O)CCCCCN2C(=O)C=CC2=O)C(C)C)cc1. The molecule has 0 saturated carbocycles. The Morgan fingerprint density at radius 2 is 1.33 bits per heavy atom. The molecule has 9 N–H and O–H groups in total. The first-order valence-electron chi connectivity index (χ1n) is 26.6. The fraction of sp³-hybridized carbons (Fsp3) is 0.593. The van der Waals surface area contributed by atoms with E-state index in [0.29, 0.717) is 30.5 Å². The summed E-state index contributed by atoms with van der Waals surface area (Å²) in [5, 5.41) is 12.9. The molecular weight excluding hydrogens is 967 g/mol. The van der Waals surface area contributed by atoms with Crippen LogP contribution in [0.15, 0.2) is 60.7 Å². The van der Waals surface area contributed by atoms with Gasteiger partial charge in [0.1, 0.15) is 25.2 Å². The van der Waals surface area contributed by atoms with Gasteiger partial charge in [0.2, 0.25) is 17.7 Å². The van der Waals surface area contributed by atoms with Gasteiger partial charge in [-0.15, -0.1) is 0 Å². The molecule has 416 valence electrons. The Kier molecular flexibility index (Phi) is 32.9. The highest BCUT2D eigenvalue weighted by atomic mass is 16.6. The molecule has 75 heavy (non-hydrogen) atoms. The first-order chi connectivity index (χ1) is 36.0. The first-order valence-corrected chi connectivity index (χ1v) is 26.6. The molecule has 0 fully saturated rings. The number of carbonyl (C=O) groups is 10. The largest absolute Gasteiger partial charge is 0.443 e. The summed E-state index contributed by atoms with van der Waals surface area (Å²) in [5.74, 6) is -3.79. The van der Waals surface area contributed by atoms with E-state index in [-0.39, 0.29) is 74.3 Å². The fourth-order valence-electron chi connectivity index (χ4n) is 7.78. The van der Waals surface area contributed by atoms with Gasteiger partial charge in [0, 0.05) is 43.3 Å². The van der Waals surface area contributed by atoms with Crippen LogP contribution < -0.4 is 43.2 Å². The molecule has 0 aromatic heterocycles. The number of allylic oxidation sites excluding steroid dienone is 4. The maximum atomic E-state index is 13.5. The summed E-state index contributed by atoms with van der Waals surface area (Å²) in [6, 6.07) is 3.41. The van der Waals surface area contributed by atoms with E-state index in [1.54, 1.807) is 38.1 Å². The molecule has 0 aliphatic carbocycles. The van der Waals surface area contributed by atoms with E-state index >= 15 is 0 Å². The first kappa shape index (κ1) is 64.1. The number of nitrogens with one attached hydrogen (secondary N) is 7. The predicted molar refractivity (Wildman–Crippen MR) is 284 cm³/mol. The smallest absolute Gasteiger partial charge is 0.426 e. The Labute approximate surface area is 442 Å². The molecular formula is C54H83N9O12. The maximum Gasteiger partial charge on any atom is 0.426 e. The van der Waals surface area contributed by atoms with Gasteiger partial charge in [0.25, 0.3) is 17.7 Å². The number of primary amides is 1. The van der Waals surface area contributed by atoms with Crippen LogP contribution in [-0.4, -0.2) is 103 Å². The number of ketones is 1. The number of urea groups is 1. The number of hydrogen-bond donors (Lipinski definition) is 8. The number of alkyl carbamates (subject to hydrolysis) is 1. The van der Waals surface area contributed by atoms with Crippen molar-refractivity contribution in [1.82, 2.24) is 37.0 Å². The maximum absolute atomic E-state index is 13.5. The van der Waals surface area contributed by atoms with Crippen molar-refractivity contribution >= 4 is 65.1 Å². The molecule has 0 spiro atoms. The van der Waals surface area contributed by atoms with Crippen LogP contribution in [-0.2, 0) is 49.6 Å². The van der Waals surface area contributed by atoms with Gasteiger partial charge in [-0.2, -0.15) is 0 Å². The van der Waals surface area contributed by atoms with Crippen LogP contribution >= 0.6 is 0 Å². The van der Waals surface area contributed by atoms with Crippen LogP contribution in [0.2, 0.25) is 0 Å². The highest BCUT2D eigenvalue weighted by Gasteiger charge is 2.29. The van der Waals surface area contributed by atoms with E-state index in [2.05, 4.69) is 75.6 Å². The molecule has 1 heterocycles. The highest BCUT2D eigenvalue weighted by molar-refractivity contribution is 6.12. The lowest BCUT2D eigenvalue weighted by atomic mass is 9.91. The minimum Gasteiger partial charge on any atom is -0.443 e. The number of carbonyl (C=O) groups excluding carboxylic acids is 10. The lowest BCUT2D eigenvalue weighted by Gasteiger charge is -2.25. The van der Waals surface area contributed by atoms with Crippen LogP contribution in [0.4, 0.5) is 20.1 Å². The predicted octanol–water partition coefficient (Wildman–Crippen LogP) is 6.58. The number of ether oxygens (including phenoxy) is 2. The number of hydrazine groups is 1. The monoisotopic (exact) mass is 1050 g/mol. The second kappa shape index (κ2) is 38.5. The van der Waals surface area contributed by atoms with Crippen molar-refractivity contribution in [3.05, 3.63) is 66.3 Å². The van der Waals surface area contributed by atoms with E-state index in [4.69, 9.17) is 15.2 Å². The summed E-state index contributed by atoms with van der Waals surface area (Å²) in [7, 11) is 0. The number of amides is 10. The summed E-state index contributed by atoms with van der Waals surface area (Å²) in [4.78, 5) is 126. The summed E-state index contributed by atoms with van der Waals surface area (Å²) >= 11 is 0. The van der Waals surface area contributed by atoms with Crippen molar-refractivity contribution in [3.8, 4) is 0 Å². The third-order valence-electron chi connectivity index (χ3n) is 12.1. The van der Waals surface area contributed by atoms with Gasteiger partial charge >= 0.3 is 18.2 Å². The molecule has 0 radical (unpaired) electrons. The minimum absolute atomic E-state index is 0.0991. The second-order valence-corrected chi connectivity index (χ2v) is 18.7. The van der Waals surface area contributed by atoms with E-state index in [1.807, 2.05) is 0 Å². The van der Waals surface area contributed by atoms with Crippen LogP contribution in [0.25, 0.3) is 0 Å². The Bertz CT molecular complexity index is 2060. The molecule has 10 amide bonds. The van der Waals surface area contributed by atoms with Gasteiger partial charge in [0.15, 0.2) is 12.4 Å². The number of unbranched alkanes of at least 4 members (excludes halogenated alkanes) is 9. The molecule has 0 bridgehead atoms. The van der Waals surface area contributed by atoms with E-state index in [9.17, 15) is 47.9 Å². The Balaban J connectivity index is 1.80. The Morgan fingerprint density at radius 1 is 0.667 bits per heavy atom. The number of nitrogens with two attached hydrogens (primary N) is 1. The normalized spacial score (nSPS) is 13.3. The topological polar surface area (TPSA) is 303 Å². The van der Waals surface area contributed by atoms with E-state index < -0.39 is 61.2 Å². The van der Waals surface area contributed by atoms with Crippen molar-refractivity contribution in [2.75, 3.05) is 31.6 Å². The summed E-state index contributed by atoms with van der Waals surface area (Å²) < 4.78 is 10.3. The lowest BCUT2D eigenvalue weighted by molar-refractivity contribution is -0.137. The van der Waals surface area contributed by atoms with Gasteiger partial charge in [-0.1, -0.05) is 115 Å². The number of anilines is 1. The van der Waals surface area contributed by atoms with Crippen LogP contribution in [0.5, 0.6) is 0 Å². The number of rotatable bonds is 38. The van der Waals surface area contributed by atoms with Gasteiger partial charge in [-0.3, -0.25) is 43.9 Å². The number of nitrogens with zero attached hydrogens (tertiary/aromatic N) is 1. The van der Waals surface area contributed by atoms with Crippen LogP contribution in [0.1, 0.15) is 155 Å². The minimum atomic E-state index is -1.09. The highest BCUT2D eigenvalue weighted by Crippen LogP contribution is 2.21. The third-order valence-corrected chi connectivity index (χ3v) is 12.1. The van der Waals surface area contributed by atoms with Crippen LogP contribution in [0, 0.1) is 11.8 Å². The number of Topliss-reactive ketones (excluding diaryl/α,β-unsaturated/α-hetero) is 1. The average Bonchev–Trinajstić information content (AvgIpc) is 3.70. The summed E-state index contributed by atoms with van der Waals surface area (Å²) in [6.07, 6.45) is 23.9. The second-order valence-electron chi connectivity index (χ2n) is 18.7. The molecule has 1 aromatic rings. The van der Waals surface area contributed by atoms with Gasteiger partial charge in [-0.05, 0) is 87.8 Å². The Morgan fingerprint density at radius 3 is 2.00 bits per heavy atom. The molecule has 21 nitrogen and oxygen atoms in total. The molecule has 3 atom stereocenters. The molecule has 1 aliphatic heterocycles. The van der Waals surface area contributed by atoms with Crippen molar-refractivity contribution in [2.24, 2.45) is 17.6 Å². The molecule has 3 unspecified atom stereocenters. The summed E-state index contributed by atoms with van der Waals surface area (Å²) in [5.41, 5.74) is 10.2. The molecule has 1 aliphatic rings. The van der Waals surface area contributed by atoms with Gasteiger partial charge in [-0.25, -0.2) is 19.8 Å². The Hall–Kier alpha value is -7.06. The van der Waals surface area contributed by atoms with Gasteiger partial charge < -0.3 is 41.8 Å². The number of hydrogen-bond acceptors (Lipinski definition) is 12. The number of imide groups is 1. The zero-order chi connectivity index (χ0) is 55.2.